The van der Waals surface area contributed by atoms with E-state index >= 15 is 0 Å². The van der Waals surface area contributed by atoms with Crippen LogP contribution in [0.3, 0.4) is 0 Å². The molecule has 1 aliphatic rings. The average molecular weight is 222 g/mol. The maximum absolute atomic E-state index is 11.6. The van der Waals surface area contributed by atoms with Gasteiger partial charge in [-0.1, -0.05) is 6.07 Å². The Labute approximate surface area is 91.2 Å². The zero-order chi connectivity index (χ0) is 11.0. The number of ketones is 1. The highest BCUT2D eigenvalue weighted by Gasteiger charge is 2.36. The Kier molecular flexibility index (Phi) is 2.40. The lowest BCUT2D eigenvalue weighted by Gasteiger charge is -2.13. The number of hydrogen-bond acceptors (Lipinski definition) is 4. The zero-order valence-electron chi connectivity index (χ0n) is 8.43. The van der Waals surface area contributed by atoms with Gasteiger partial charge in [-0.2, -0.15) is 5.10 Å². The maximum atomic E-state index is 11.6. The van der Waals surface area contributed by atoms with Gasteiger partial charge in [0.05, 0.1) is 10.9 Å². The van der Waals surface area contributed by atoms with Gasteiger partial charge in [0.2, 0.25) is 0 Å². The van der Waals surface area contributed by atoms with E-state index in [9.17, 15) is 9.59 Å². The van der Waals surface area contributed by atoms with Gasteiger partial charge in [-0.3, -0.25) is 9.59 Å². The van der Waals surface area contributed by atoms with Gasteiger partial charge in [0.1, 0.15) is 0 Å². The highest BCUT2D eigenvalue weighted by Crippen LogP contribution is 2.18. The van der Waals surface area contributed by atoms with E-state index < -0.39 is 11.7 Å². The van der Waals surface area contributed by atoms with Gasteiger partial charge in [0.25, 0.3) is 5.78 Å². The van der Waals surface area contributed by atoms with Crippen molar-refractivity contribution in [1.82, 2.24) is 5.01 Å². The van der Waals surface area contributed by atoms with Gasteiger partial charge in [0, 0.05) is 0 Å². The van der Waals surface area contributed by atoms with Gasteiger partial charge >= 0.3 is 5.91 Å². The van der Waals surface area contributed by atoms with Crippen LogP contribution in [0.2, 0.25) is 0 Å². The summed E-state index contributed by atoms with van der Waals surface area (Å²) in [5, 5.41) is 7.14. The van der Waals surface area contributed by atoms with Crippen LogP contribution in [0.25, 0.3) is 0 Å². The van der Waals surface area contributed by atoms with Gasteiger partial charge in [-0.15, -0.1) is 11.3 Å². The van der Waals surface area contributed by atoms with Crippen molar-refractivity contribution < 1.29 is 9.59 Å². The van der Waals surface area contributed by atoms with Crippen molar-refractivity contribution in [3.63, 3.8) is 0 Å². The molecule has 0 aliphatic carbocycles. The van der Waals surface area contributed by atoms with Crippen LogP contribution in [-0.2, 0) is 9.59 Å². The first-order chi connectivity index (χ1) is 7.11. The third kappa shape index (κ3) is 1.59. The van der Waals surface area contributed by atoms with Crippen LogP contribution < -0.4 is 0 Å². The number of amides is 1. The molecule has 0 saturated heterocycles. The van der Waals surface area contributed by atoms with E-state index in [1.807, 2.05) is 25.3 Å². The third-order valence-electron chi connectivity index (χ3n) is 2.07. The fourth-order valence-corrected chi connectivity index (χ4v) is 2.03. The molecule has 4 nitrogen and oxygen atoms in total. The Morgan fingerprint density at radius 1 is 1.40 bits per heavy atom. The minimum Gasteiger partial charge on any atom is -0.281 e. The number of hydrogen-bond donors (Lipinski definition) is 0. The SMILES string of the molecule is CC(C)N1N=C(c2cccs2)C(=O)C1=O. The molecule has 0 radical (unpaired) electrons. The smallest absolute Gasteiger partial charge is 0.281 e. The van der Waals surface area contributed by atoms with E-state index in [2.05, 4.69) is 5.10 Å². The minimum absolute atomic E-state index is 0.0843. The highest BCUT2D eigenvalue weighted by molar-refractivity contribution is 7.13. The largest absolute Gasteiger partial charge is 0.317 e. The average Bonchev–Trinajstić information content (AvgIpc) is 2.77. The number of Topliss-reactive ketones (excluding diaryl/α,β-unsaturated/α-hetero) is 1. The first-order valence-electron chi connectivity index (χ1n) is 4.61. The highest BCUT2D eigenvalue weighted by atomic mass is 32.1. The molecular weight excluding hydrogens is 212 g/mol. The van der Waals surface area contributed by atoms with E-state index in [1.165, 1.54) is 16.3 Å². The molecule has 0 spiro atoms. The molecule has 0 bridgehead atoms. The van der Waals surface area contributed by atoms with E-state index in [4.69, 9.17) is 0 Å². The normalized spacial score (nSPS) is 16.5. The summed E-state index contributed by atoms with van der Waals surface area (Å²) in [6.07, 6.45) is 0. The summed E-state index contributed by atoms with van der Waals surface area (Å²) in [6, 6.07) is 3.54. The Hall–Kier alpha value is -1.49. The molecule has 0 fully saturated rings. The molecule has 0 atom stereocenters. The van der Waals surface area contributed by atoms with Gasteiger partial charge in [-0.05, 0) is 25.3 Å². The number of nitrogens with zero attached hydrogens (tertiary/aromatic N) is 2. The Balaban J connectivity index is 2.38. The number of hydrazone groups is 1. The van der Waals surface area contributed by atoms with E-state index in [1.54, 1.807) is 6.07 Å². The maximum Gasteiger partial charge on any atom is 0.317 e. The number of thiophene rings is 1. The second-order valence-corrected chi connectivity index (χ2v) is 4.45. The molecule has 1 amide bonds. The van der Waals surface area contributed by atoms with Crippen LogP contribution in [0.1, 0.15) is 18.7 Å². The van der Waals surface area contributed by atoms with Crippen molar-refractivity contribution in [2.75, 3.05) is 0 Å². The monoisotopic (exact) mass is 222 g/mol. The van der Waals surface area contributed by atoms with Crippen LogP contribution in [0.5, 0.6) is 0 Å². The van der Waals surface area contributed by atoms with Crippen molar-refractivity contribution >= 4 is 28.7 Å². The second kappa shape index (κ2) is 3.58. The van der Waals surface area contributed by atoms with Crippen LogP contribution in [0.4, 0.5) is 0 Å². The summed E-state index contributed by atoms with van der Waals surface area (Å²) in [7, 11) is 0. The van der Waals surface area contributed by atoms with Crippen molar-refractivity contribution in [3.8, 4) is 0 Å². The summed E-state index contributed by atoms with van der Waals surface area (Å²) < 4.78 is 0. The minimum atomic E-state index is -0.534. The van der Waals surface area contributed by atoms with Gasteiger partial charge in [0.15, 0.2) is 5.71 Å². The second-order valence-electron chi connectivity index (χ2n) is 3.50. The van der Waals surface area contributed by atoms with E-state index in [-0.39, 0.29) is 11.8 Å². The summed E-state index contributed by atoms with van der Waals surface area (Å²) >= 11 is 1.41. The van der Waals surface area contributed by atoms with Crippen molar-refractivity contribution in [2.45, 2.75) is 19.9 Å². The predicted octanol–water partition coefficient (Wildman–Crippen LogP) is 1.27. The number of carbonyl (C=O) groups excluding carboxylic acids is 2. The molecule has 78 valence electrons. The number of rotatable bonds is 2. The molecule has 0 unspecified atom stereocenters. The molecular formula is C10H10N2O2S. The van der Waals surface area contributed by atoms with Crippen LogP contribution in [0, 0.1) is 0 Å². The van der Waals surface area contributed by atoms with Crippen LogP contribution in [0.15, 0.2) is 22.6 Å². The molecule has 1 aliphatic heterocycles. The predicted molar refractivity (Wildman–Crippen MR) is 57.8 cm³/mol. The zero-order valence-corrected chi connectivity index (χ0v) is 9.25. The van der Waals surface area contributed by atoms with Crippen LogP contribution >= 0.6 is 11.3 Å². The van der Waals surface area contributed by atoms with Crippen molar-refractivity contribution in [2.24, 2.45) is 5.10 Å². The van der Waals surface area contributed by atoms with E-state index in [0.717, 1.165) is 4.88 Å². The number of carbonyl (C=O) groups is 2. The lowest BCUT2D eigenvalue weighted by Crippen LogP contribution is -2.32. The molecule has 5 heteroatoms. The molecule has 0 N–H and O–H groups in total. The summed E-state index contributed by atoms with van der Waals surface area (Å²) in [5.74, 6) is -1.04. The van der Waals surface area contributed by atoms with E-state index in [0.29, 0.717) is 0 Å². The molecule has 0 aromatic carbocycles. The standard InChI is InChI=1S/C10H10N2O2S/c1-6(2)12-10(14)9(13)8(11-12)7-4-3-5-15-7/h3-6H,1-2H3. The molecule has 2 rings (SSSR count). The topological polar surface area (TPSA) is 49.7 Å². The molecule has 15 heavy (non-hydrogen) atoms. The Morgan fingerprint density at radius 3 is 2.60 bits per heavy atom. The molecule has 1 aromatic heterocycles. The lowest BCUT2D eigenvalue weighted by atomic mass is 10.2. The van der Waals surface area contributed by atoms with Crippen LogP contribution in [-0.4, -0.2) is 28.5 Å². The quantitative estimate of drug-likeness (QED) is 0.707. The van der Waals surface area contributed by atoms with Gasteiger partial charge in [-0.25, -0.2) is 5.01 Å². The fraction of sp³-hybridized carbons (Fsp3) is 0.300. The third-order valence-corrected chi connectivity index (χ3v) is 2.95. The summed E-state index contributed by atoms with van der Waals surface area (Å²) in [5.41, 5.74) is 0.267. The molecule has 1 aromatic rings. The first kappa shape index (κ1) is 10.0. The lowest BCUT2D eigenvalue weighted by molar-refractivity contribution is -0.140. The Morgan fingerprint density at radius 2 is 2.13 bits per heavy atom. The summed E-state index contributed by atoms with van der Waals surface area (Å²) in [4.78, 5) is 23.9. The molecule has 2 heterocycles. The van der Waals surface area contributed by atoms with Gasteiger partial charge < -0.3 is 0 Å². The molecule has 0 saturated carbocycles. The van der Waals surface area contributed by atoms with Crippen molar-refractivity contribution in [1.29, 1.82) is 0 Å². The first-order valence-corrected chi connectivity index (χ1v) is 5.49. The summed E-state index contributed by atoms with van der Waals surface area (Å²) in [6.45, 7) is 3.65. The van der Waals surface area contributed by atoms with Crippen molar-refractivity contribution in [3.05, 3.63) is 22.4 Å². The Bertz CT molecular complexity index is 434. The fourth-order valence-electron chi connectivity index (χ4n) is 1.33.